The molecule has 1 N–H and O–H groups in total. The number of aryl methyl sites for hydroxylation is 2. The fourth-order valence-corrected chi connectivity index (χ4v) is 4.15. The summed E-state index contributed by atoms with van der Waals surface area (Å²) in [6.45, 7) is 5.15. The van der Waals surface area contributed by atoms with Crippen molar-refractivity contribution in [3.8, 4) is 16.9 Å². The van der Waals surface area contributed by atoms with Gasteiger partial charge in [-0.3, -0.25) is 4.79 Å². The number of para-hydroxylation sites is 3. The first kappa shape index (κ1) is 20.7. The molecule has 0 saturated carbocycles. The van der Waals surface area contributed by atoms with Gasteiger partial charge in [-0.25, -0.2) is 9.67 Å². The second-order valence-corrected chi connectivity index (χ2v) is 8.04. The highest BCUT2D eigenvalue weighted by molar-refractivity contribution is 6.00. The molecular weight excluding hydrogens is 410 g/mol. The van der Waals surface area contributed by atoms with E-state index in [1.54, 1.807) is 4.68 Å². The van der Waals surface area contributed by atoms with Gasteiger partial charge in [-0.1, -0.05) is 54.6 Å². The standard InChI is InChI=1S/C27H25N5O/c1-19-10-6-7-13-22(19)26-23(18-32(30-26)21-11-4-3-5-12-21)27(33)28-16-17-31-20(2)29-24-14-8-9-15-25(24)31/h3-15,18H,16-17H2,1-2H3,(H,28,33). The van der Waals surface area contributed by atoms with Crippen molar-refractivity contribution >= 4 is 16.9 Å². The van der Waals surface area contributed by atoms with Crippen LogP contribution in [-0.4, -0.2) is 31.8 Å². The summed E-state index contributed by atoms with van der Waals surface area (Å²) in [5.41, 5.74) is 6.21. The molecule has 0 aliphatic rings. The van der Waals surface area contributed by atoms with E-state index in [1.165, 1.54) is 0 Å². The lowest BCUT2D eigenvalue weighted by molar-refractivity contribution is 0.0953. The molecule has 0 unspecified atom stereocenters. The van der Waals surface area contributed by atoms with Gasteiger partial charge in [0.15, 0.2) is 0 Å². The Balaban J connectivity index is 1.42. The number of imidazole rings is 1. The average molecular weight is 436 g/mol. The normalized spacial score (nSPS) is 11.1. The number of aromatic nitrogens is 4. The summed E-state index contributed by atoms with van der Waals surface area (Å²) in [6, 6.07) is 25.9. The second-order valence-electron chi connectivity index (χ2n) is 8.04. The van der Waals surface area contributed by atoms with Crippen LogP contribution in [0.5, 0.6) is 0 Å². The predicted octanol–water partition coefficient (Wildman–Crippen LogP) is 4.94. The molecule has 0 fully saturated rings. The molecule has 33 heavy (non-hydrogen) atoms. The number of hydrogen-bond donors (Lipinski definition) is 1. The highest BCUT2D eigenvalue weighted by atomic mass is 16.1. The van der Waals surface area contributed by atoms with Crippen molar-refractivity contribution < 1.29 is 4.79 Å². The van der Waals surface area contributed by atoms with E-state index in [9.17, 15) is 4.79 Å². The third-order valence-electron chi connectivity index (χ3n) is 5.85. The summed E-state index contributed by atoms with van der Waals surface area (Å²) in [4.78, 5) is 17.9. The number of nitrogens with one attached hydrogen (secondary N) is 1. The van der Waals surface area contributed by atoms with E-state index >= 15 is 0 Å². The van der Waals surface area contributed by atoms with Crippen LogP contribution in [0.4, 0.5) is 0 Å². The number of nitrogens with zero attached hydrogens (tertiary/aromatic N) is 4. The number of carbonyl (C=O) groups is 1. The lowest BCUT2D eigenvalue weighted by atomic mass is 10.0. The molecule has 0 spiro atoms. The molecule has 3 aromatic carbocycles. The summed E-state index contributed by atoms with van der Waals surface area (Å²) in [5.74, 6) is 0.792. The Morgan fingerprint density at radius 3 is 2.45 bits per heavy atom. The zero-order valence-corrected chi connectivity index (χ0v) is 18.7. The Kier molecular flexibility index (Phi) is 5.48. The Morgan fingerprint density at radius 1 is 0.909 bits per heavy atom. The maximum atomic E-state index is 13.3. The van der Waals surface area contributed by atoms with Gasteiger partial charge in [0.05, 0.1) is 22.3 Å². The Bertz CT molecular complexity index is 1430. The molecular formula is C27H25N5O. The topological polar surface area (TPSA) is 64.7 Å². The van der Waals surface area contributed by atoms with Crippen molar-refractivity contribution in [1.82, 2.24) is 24.6 Å². The van der Waals surface area contributed by atoms with Gasteiger partial charge in [0, 0.05) is 24.8 Å². The first-order valence-electron chi connectivity index (χ1n) is 11.0. The van der Waals surface area contributed by atoms with Gasteiger partial charge in [0.2, 0.25) is 0 Å². The van der Waals surface area contributed by atoms with E-state index in [1.807, 2.05) is 92.8 Å². The zero-order valence-electron chi connectivity index (χ0n) is 18.7. The quantitative estimate of drug-likeness (QED) is 0.411. The van der Waals surface area contributed by atoms with Crippen LogP contribution < -0.4 is 5.32 Å². The van der Waals surface area contributed by atoms with Gasteiger partial charge >= 0.3 is 0 Å². The summed E-state index contributed by atoms with van der Waals surface area (Å²) in [5, 5.41) is 7.87. The van der Waals surface area contributed by atoms with Crippen LogP contribution in [-0.2, 0) is 6.54 Å². The fraction of sp³-hybridized carbons (Fsp3) is 0.148. The van der Waals surface area contributed by atoms with Crippen LogP contribution >= 0.6 is 0 Å². The number of fused-ring (bicyclic) bond motifs is 1. The minimum Gasteiger partial charge on any atom is -0.350 e. The fourth-order valence-electron chi connectivity index (χ4n) is 4.15. The molecule has 1 amide bonds. The Morgan fingerprint density at radius 2 is 1.64 bits per heavy atom. The van der Waals surface area contributed by atoms with Gasteiger partial charge in [-0.2, -0.15) is 5.10 Å². The van der Waals surface area contributed by atoms with Gasteiger partial charge in [0.1, 0.15) is 11.5 Å². The lowest BCUT2D eigenvalue weighted by Crippen LogP contribution is -2.27. The van der Waals surface area contributed by atoms with Crippen LogP contribution in [0.25, 0.3) is 28.0 Å². The van der Waals surface area contributed by atoms with Crippen molar-refractivity contribution in [2.24, 2.45) is 0 Å². The van der Waals surface area contributed by atoms with Crippen molar-refractivity contribution in [3.05, 3.63) is 102 Å². The van der Waals surface area contributed by atoms with Crippen molar-refractivity contribution in [2.45, 2.75) is 20.4 Å². The second kappa shape index (κ2) is 8.74. The smallest absolute Gasteiger partial charge is 0.255 e. The summed E-state index contributed by atoms with van der Waals surface area (Å²) in [6.07, 6.45) is 1.81. The highest BCUT2D eigenvalue weighted by Gasteiger charge is 2.19. The number of amides is 1. The van der Waals surface area contributed by atoms with Gasteiger partial charge in [-0.05, 0) is 43.7 Å². The highest BCUT2D eigenvalue weighted by Crippen LogP contribution is 2.26. The van der Waals surface area contributed by atoms with E-state index in [4.69, 9.17) is 5.10 Å². The number of hydrogen-bond acceptors (Lipinski definition) is 3. The molecule has 0 radical (unpaired) electrons. The first-order chi connectivity index (χ1) is 16.1. The third-order valence-corrected chi connectivity index (χ3v) is 5.85. The molecule has 6 heteroatoms. The molecule has 5 aromatic rings. The van der Waals surface area contributed by atoms with Gasteiger partial charge < -0.3 is 9.88 Å². The minimum atomic E-state index is -0.141. The molecule has 2 aromatic heterocycles. The number of carbonyl (C=O) groups excluding carboxylic acids is 1. The number of rotatable bonds is 6. The van der Waals surface area contributed by atoms with E-state index in [-0.39, 0.29) is 5.91 Å². The maximum Gasteiger partial charge on any atom is 0.255 e. The SMILES string of the molecule is Cc1ccccc1-c1nn(-c2ccccc2)cc1C(=O)NCCn1c(C)nc2ccccc21. The molecule has 0 saturated heterocycles. The zero-order chi connectivity index (χ0) is 22.8. The van der Waals surface area contributed by atoms with Gasteiger partial charge in [-0.15, -0.1) is 0 Å². The molecule has 0 aliphatic carbocycles. The van der Waals surface area contributed by atoms with Crippen LogP contribution in [0.3, 0.4) is 0 Å². The largest absolute Gasteiger partial charge is 0.350 e. The monoisotopic (exact) mass is 435 g/mol. The van der Waals surface area contributed by atoms with Gasteiger partial charge in [0.25, 0.3) is 5.91 Å². The molecule has 6 nitrogen and oxygen atoms in total. The minimum absolute atomic E-state index is 0.141. The van der Waals surface area contributed by atoms with E-state index < -0.39 is 0 Å². The maximum absolute atomic E-state index is 13.3. The van der Waals surface area contributed by atoms with Crippen LogP contribution in [0.15, 0.2) is 85.1 Å². The molecule has 0 atom stereocenters. The van der Waals surface area contributed by atoms with E-state index in [2.05, 4.69) is 20.9 Å². The van der Waals surface area contributed by atoms with E-state index in [0.29, 0.717) is 24.3 Å². The molecule has 5 rings (SSSR count). The lowest BCUT2D eigenvalue weighted by Gasteiger charge is -2.09. The number of benzene rings is 3. The average Bonchev–Trinajstić information content (AvgIpc) is 3.41. The Labute approximate surface area is 192 Å². The molecule has 164 valence electrons. The third kappa shape index (κ3) is 4.03. The predicted molar refractivity (Wildman–Crippen MR) is 131 cm³/mol. The summed E-state index contributed by atoms with van der Waals surface area (Å²) < 4.78 is 3.90. The van der Waals surface area contributed by atoms with Crippen LogP contribution in [0, 0.1) is 13.8 Å². The van der Waals surface area contributed by atoms with Crippen molar-refractivity contribution in [2.75, 3.05) is 6.54 Å². The molecule has 0 aliphatic heterocycles. The van der Waals surface area contributed by atoms with Crippen LogP contribution in [0.2, 0.25) is 0 Å². The molecule has 0 bridgehead atoms. The first-order valence-corrected chi connectivity index (χ1v) is 11.0. The van der Waals surface area contributed by atoms with Crippen molar-refractivity contribution in [3.63, 3.8) is 0 Å². The van der Waals surface area contributed by atoms with E-state index in [0.717, 1.165) is 33.7 Å². The van der Waals surface area contributed by atoms with Crippen molar-refractivity contribution in [1.29, 1.82) is 0 Å². The Hall–Kier alpha value is -4.19. The summed E-state index contributed by atoms with van der Waals surface area (Å²) in [7, 11) is 0. The van der Waals surface area contributed by atoms with Crippen LogP contribution in [0.1, 0.15) is 21.7 Å². The summed E-state index contributed by atoms with van der Waals surface area (Å²) >= 11 is 0. The molecule has 2 heterocycles.